The lowest BCUT2D eigenvalue weighted by Gasteiger charge is -2.39. The maximum absolute atomic E-state index is 12.9. The quantitative estimate of drug-likeness (QED) is 0.673. The van der Waals surface area contributed by atoms with Crippen LogP contribution in [0, 0.1) is 24.2 Å². The lowest BCUT2D eigenvalue weighted by Crippen LogP contribution is -2.48. The van der Waals surface area contributed by atoms with Gasteiger partial charge in [0.2, 0.25) is 5.91 Å². The van der Waals surface area contributed by atoms with Crippen molar-refractivity contribution < 1.29 is 18.8 Å². The molecule has 0 spiro atoms. The number of nitrogens with zero attached hydrogens (tertiary/aromatic N) is 2. The molecular formula is C24H30N2O4. The molecular weight excluding hydrogens is 380 g/mol. The van der Waals surface area contributed by atoms with Crippen molar-refractivity contribution in [2.45, 2.75) is 46.5 Å². The molecule has 0 unspecified atom stereocenters. The molecule has 1 aliphatic carbocycles. The molecule has 1 aromatic carbocycles. The number of likely N-dealkylation sites (tertiary alicyclic amines) is 1. The summed E-state index contributed by atoms with van der Waals surface area (Å²) in [7, 11) is 0. The van der Waals surface area contributed by atoms with Crippen molar-refractivity contribution in [2.75, 3.05) is 19.7 Å². The number of hydrogen-bond donors (Lipinski definition) is 0. The maximum atomic E-state index is 12.9. The van der Waals surface area contributed by atoms with Crippen LogP contribution in [0.3, 0.4) is 0 Å². The maximum Gasteiger partial charge on any atom is 0.312 e. The molecule has 160 valence electrons. The number of rotatable bonds is 6. The summed E-state index contributed by atoms with van der Waals surface area (Å²) in [5.74, 6) is 1.37. The standard InChI is InChI=1S/C24H30N2O4/c1-4-29-23(28)24(8-10-26(11-9-24)22(27)20-13-17(20)3)15-19-14-21(25-30-19)18-7-5-6-16(2)12-18/h5-7,12,14,17,20H,4,8-11,13,15H2,1-3H3/t17-,20+/m0/s1. The fourth-order valence-corrected chi connectivity index (χ4v) is 4.46. The van der Waals surface area contributed by atoms with Crippen molar-refractivity contribution >= 4 is 11.9 Å². The molecule has 1 amide bonds. The summed E-state index contributed by atoms with van der Waals surface area (Å²) in [6, 6.07) is 10.0. The summed E-state index contributed by atoms with van der Waals surface area (Å²) in [4.78, 5) is 27.5. The van der Waals surface area contributed by atoms with Gasteiger partial charge in [-0.15, -0.1) is 0 Å². The molecule has 6 heteroatoms. The summed E-state index contributed by atoms with van der Waals surface area (Å²) in [5.41, 5.74) is 2.24. The fourth-order valence-electron chi connectivity index (χ4n) is 4.46. The van der Waals surface area contributed by atoms with E-state index in [1.54, 1.807) is 0 Å². The van der Waals surface area contributed by atoms with Gasteiger partial charge in [0.25, 0.3) is 0 Å². The molecule has 0 radical (unpaired) electrons. The van der Waals surface area contributed by atoms with Crippen molar-refractivity contribution in [1.29, 1.82) is 0 Å². The summed E-state index contributed by atoms with van der Waals surface area (Å²) in [6.45, 7) is 7.49. The lowest BCUT2D eigenvalue weighted by atomic mass is 9.74. The van der Waals surface area contributed by atoms with E-state index in [1.165, 1.54) is 0 Å². The van der Waals surface area contributed by atoms with E-state index in [0.29, 0.717) is 50.6 Å². The van der Waals surface area contributed by atoms with Crippen molar-refractivity contribution in [1.82, 2.24) is 10.1 Å². The Morgan fingerprint density at radius 1 is 1.27 bits per heavy atom. The monoisotopic (exact) mass is 410 g/mol. The van der Waals surface area contributed by atoms with Gasteiger partial charge >= 0.3 is 5.97 Å². The number of ether oxygens (including phenoxy) is 1. The van der Waals surface area contributed by atoms with Crippen molar-refractivity contribution in [3.63, 3.8) is 0 Å². The van der Waals surface area contributed by atoms with Crippen LogP contribution in [0.15, 0.2) is 34.9 Å². The van der Waals surface area contributed by atoms with E-state index in [9.17, 15) is 9.59 Å². The highest BCUT2D eigenvalue weighted by Gasteiger charge is 2.47. The highest BCUT2D eigenvalue weighted by molar-refractivity contribution is 5.82. The van der Waals surface area contributed by atoms with Crippen molar-refractivity contribution in [2.24, 2.45) is 17.3 Å². The van der Waals surface area contributed by atoms with Crippen molar-refractivity contribution in [3.05, 3.63) is 41.7 Å². The van der Waals surface area contributed by atoms with Gasteiger partial charge in [0.1, 0.15) is 11.5 Å². The van der Waals surface area contributed by atoms with Gasteiger partial charge < -0.3 is 14.2 Å². The summed E-state index contributed by atoms with van der Waals surface area (Å²) >= 11 is 0. The molecule has 2 aromatic rings. The second kappa shape index (κ2) is 8.25. The largest absolute Gasteiger partial charge is 0.466 e. The van der Waals surface area contributed by atoms with Gasteiger partial charge in [-0.25, -0.2) is 0 Å². The zero-order valence-electron chi connectivity index (χ0n) is 18.0. The SMILES string of the molecule is CCOC(=O)C1(Cc2cc(-c3cccc(C)c3)no2)CCN(C(=O)[C@@H]2C[C@@H]2C)CC1. The Balaban J connectivity index is 1.50. The van der Waals surface area contributed by atoms with Gasteiger partial charge in [0.15, 0.2) is 0 Å². The minimum absolute atomic E-state index is 0.172. The minimum Gasteiger partial charge on any atom is -0.466 e. The molecule has 1 aliphatic heterocycles. The second-order valence-electron chi connectivity index (χ2n) is 8.87. The van der Waals surface area contributed by atoms with Gasteiger partial charge in [0, 0.05) is 37.1 Å². The molecule has 6 nitrogen and oxygen atoms in total. The first-order valence-electron chi connectivity index (χ1n) is 10.9. The Bertz CT molecular complexity index is 927. The van der Waals surface area contributed by atoms with Crippen LogP contribution in [0.4, 0.5) is 0 Å². The highest BCUT2D eigenvalue weighted by Crippen LogP contribution is 2.42. The summed E-state index contributed by atoms with van der Waals surface area (Å²) in [6.07, 6.45) is 2.59. The van der Waals surface area contributed by atoms with Crippen LogP contribution in [0.2, 0.25) is 0 Å². The van der Waals surface area contributed by atoms with Crippen molar-refractivity contribution in [3.8, 4) is 11.3 Å². The number of amides is 1. The van der Waals surface area contributed by atoms with E-state index < -0.39 is 5.41 Å². The molecule has 1 aromatic heterocycles. The minimum atomic E-state index is -0.675. The van der Waals surface area contributed by atoms with Crippen LogP contribution < -0.4 is 0 Å². The smallest absolute Gasteiger partial charge is 0.312 e. The number of esters is 1. The Kier molecular flexibility index (Phi) is 5.67. The molecule has 0 N–H and O–H groups in total. The third-order valence-corrected chi connectivity index (χ3v) is 6.55. The zero-order valence-corrected chi connectivity index (χ0v) is 18.0. The molecule has 1 saturated carbocycles. The van der Waals surface area contributed by atoms with Crippen LogP contribution in [-0.2, 0) is 20.7 Å². The molecule has 2 heterocycles. The van der Waals surface area contributed by atoms with E-state index >= 15 is 0 Å². The van der Waals surface area contributed by atoms with Gasteiger partial charge in [-0.2, -0.15) is 0 Å². The van der Waals surface area contributed by atoms with Gasteiger partial charge in [-0.05, 0) is 45.1 Å². The predicted molar refractivity (Wildman–Crippen MR) is 113 cm³/mol. The van der Waals surface area contributed by atoms with Crippen LogP contribution in [0.25, 0.3) is 11.3 Å². The van der Waals surface area contributed by atoms with Crippen LogP contribution in [0.5, 0.6) is 0 Å². The zero-order chi connectivity index (χ0) is 21.3. The fraction of sp³-hybridized carbons (Fsp3) is 0.542. The van der Waals surface area contributed by atoms with Crippen LogP contribution >= 0.6 is 0 Å². The van der Waals surface area contributed by atoms with E-state index in [0.717, 1.165) is 23.2 Å². The second-order valence-corrected chi connectivity index (χ2v) is 8.87. The third-order valence-electron chi connectivity index (χ3n) is 6.55. The average Bonchev–Trinajstić information content (AvgIpc) is 3.29. The molecule has 30 heavy (non-hydrogen) atoms. The number of aromatic nitrogens is 1. The average molecular weight is 411 g/mol. The summed E-state index contributed by atoms with van der Waals surface area (Å²) < 4.78 is 11.0. The first-order valence-corrected chi connectivity index (χ1v) is 10.9. The summed E-state index contributed by atoms with van der Waals surface area (Å²) in [5, 5.41) is 4.22. The van der Waals surface area contributed by atoms with E-state index in [1.807, 2.05) is 43.0 Å². The van der Waals surface area contributed by atoms with Crippen LogP contribution in [-0.4, -0.2) is 41.6 Å². The third kappa shape index (κ3) is 4.13. The first kappa shape index (κ1) is 20.6. The Labute approximate surface area is 177 Å². The number of benzene rings is 1. The van der Waals surface area contributed by atoms with Crippen LogP contribution in [0.1, 0.15) is 44.4 Å². The van der Waals surface area contributed by atoms with Gasteiger partial charge in [-0.1, -0.05) is 35.8 Å². The molecule has 1 saturated heterocycles. The van der Waals surface area contributed by atoms with E-state index in [-0.39, 0.29) is 17.8 Å². The topological polar surface area (TPSA) is 72.6 Å². The normalized spacial score (nSPS) is 22.6. The number of piperidine rings is 1. The molecule has 2 fully saturated rings. The Hall–Kier alpha value is -2.63. The van der Waals surface area contributed by atoms with E-state index in [4.69, 9.17) is 9.26 Å². The molecule has 0 bridgehead atoms. The van der Waals surface area contributed by atoms with Gasteiger partial charge in [-0.3, -0.25) is 9.59 Å². The first-order chi connectivity index (χ1) is 14.4. The number of hydrogen-bond acceptors (Lipinski definition) is 5. The van der Waals surface area contributed by atoms with Gasteiger partial charge in [0.05, 0.1) is 12.0 Å². The number of carbonyl (C=O) groups excluding carboxylic acids is 2. The predicted octanol–water partition coefficient (Wildman–Crippen LogP) is 4.02. The molecule has 2 aliphatic rings. The molecule has 2 atom stereocenters. The lowest BCUT2D eigenvalue weighted by molar-refractivity contribution is -0.160. The highest BCUT2D eigenvalue weighted by atomic mass is 16.5. The number of carbonyl (C=O) groups is 2. The van der Waals surface area contributed by atoms with E-state index in [2.05, 4.69) is 18.1 Å². The Morgan fingerprint density at radius 3 is 2.63 bits per heavy atom. The molecule has 4 rings (SSSR count). The Morgan fingerprint density at radius 2 is 2.00 bits per heavy atom. The number of aryl methyl sites for hydroxylation is 1.